The average molecular weight is 1040 g/mol. The Hall–Kier alpha value is -5.07. The molecule has 13 atom stereocenters. The first kappa shape index (κ1) is 62.2. The lowest BCUT2D eigenvalue weighted by Gasteiger charge is -2.49. The molecule has 0 bridgehead atoms. The molecular weight excluding hydrogens is 953 g/mol. The van der Waals surface area contributed by atoms with Crippen LogP contribution in [0, 0.1) is 27.9 Å². The molecule has 3 amide bonds. The van der Waals surface area contributed by atoms with Crippen molar-refractivity contribution in [1.82, 2.24) is 21.3 Å². The van der Waals surface area contributed by atoms with Gasteiger partial charge in [-0.15, -0.1) is 0 Å². The minimum absolute atomic E-state index is 0.00206. The third kappa shape index (κ3) is 20.3. The number of allylic oxidation sites excluding steroid dienone is 2. The molecular formula is C51H84N6O16. The Bertz CT molecular complexity index is 2020. The lowest BCUT2D eigenvalue weighted by molar-refractivity contribution is -0.384. The number of nitro groups is 1. The minimum atomic E-state index is -1.70. The van der Waals surface area contributed by atoms with Gasteiger partial charge in [0.1, 0.15) is 53.1 Å². The standard InChI is InChI=1S/C50H80N6O15.CH4O/c1-27-26-65-45(39(58)38(27)29(3)30(4)69-48(5,6)7)68-41-35(54-43(60)37(57)22-23-52-46(61)70-49(8,9)10)24-36(55-47(62)71-50(11,12)13)42(40(41)59)67-44-34(51)21-20-33(66-44)25-53-28(2)14-15-31-16-18-32(19-17-31)56(63)64;1-2/h16-20,27,29,34-42,44-45,53,57-59H,2,4,14-15,21-26,51H2,1,3,5-13H3,(H,52,61)(H,54,60)(H,55,62);2H,1H3/t27?,29?,34-,35?,36?,37+,38-,39?,40-,41+,42-,44-,45?;/m1./s1. The lowest BCUT2D eigenvalue weighted by atomic mass is 9.77. The van der Waals surface area contributed by atoms with E-state index in [0.717, 1.165) is 12.7 Å². The molecule has 4 rings (SSSR count). The molecule has 3 aliphatic rings. The first-order chi connectivity index (χ1) is 33.9. The topological polar surface area (TPSA) is 314 Å². The molecule has 1 saturated carbocycles. The second-order valence-electron chi connectivity index (χ2n) is 21.7. The van der Waals surface area contributed by atoms with Gasteiger partial charge in [-0.3, -0.25) is 14.9 Å². The van der Waals surface area contributed by atoms with Crippen LogP contribution in [0.3, 0.4) is 0 Å². The third-order valence-corrected chi connectivity index (χ3v) is 12.0. The normalized spacial score (nSPS) is 27.2. The van der Waals surface area contributed by atoms with Gasteiger partial charge in [-0.05, 0) is 112 Å². The van der Waals surface area contributed by atoms with Crippen LogP contribution in [0.5, 0.6) is 0 Å². The molecule has 1 aromatic carbocycles. The number of carbonyl (C=O) groups excluding carboxylic acids is 3. The zero-order valence-electron chi connectivity index (χ0n) is 44.7. The van der Waals surface area contributed by atoms with Crippen LogP contribution in [-0.2, 0) is 44.4 Å². The van der Waals surface area contributed by atoms with Crippen LogP contribution in [0.1, 0.15) is 107 Å². The largest absolute Gasteiger partial charge is 0.493 e. The number of aliphatic hydroxyl groups is 4. The number of amides is 3. The van der Waals surface area contributed by atoms with E-state index < -0.39 is 107 Å². The number of hydrogen-bond donors (Lipinski definition) is 9. The number of non-ortho nitro benzene ring substituents is 1. The number of aryl methyl sites for hydroxylation is 1. The SMILES string of the molecule is C=C(CCc1ccc([N+](=O)[O-])cc1)NCC1=CC[C@@H](N)[C@@H](O[C@@H]2C(NC(=O)OC(C)(C)C)CC(NC(=O)[C@@H](O)CCNC(=O)OC(C)(C)C)[C@H](OC3OCC(C)[C@H](C(C)C(=C)OC(C)(C)C)C3O)[C@H]2O)O1.CO. The quantitative estimate of drug-likeness (QED) is 0.0499. The molecule has 0 radical (unpaired) electrons. The Morgan fingerprint density at radius 2 is 1.42 bits per heavy atom. The van der Waals surface area contributed by atoms with Crippen molar-refractivity contribution in [3.8, 4) is 0 Å². The summed E-state index contributed by atoms with van der Waals surface area (Å²) in [5.41, 5.74) is 5.89. The van der Waals surface area contributed by atoms with E-state index >= 15 is 0 Å². The highest BCUT2D eigenvalue weighted by molar-refractivity contribution is 5.81. The minimum Gasteiger partial charge on any atom is -0.493 e. The fraction of sp³-hybridized carbons (Fsp3) is 0.706. The fourth-order valence-electron chi connectivity index (χ4n) is 8.51. The van der Waals surface area contributed by atoms with Crippen molar-refractivity contribution in [3.63, 3.8) is 0 Å². The molecule has 22 heteroatoms. The molecule has 414 valence electrons. The fourth-order valence-corrected chi connectivity index (χ4v) is 8.51. The van der Waals surface area contributed by atoms with E-state index in [9.17, 15) is 39.8 Å². The van der Waals surface area contributed by atoms with Crippen LogP contribution in [0.15, 0.2) is 60.7 Å². The van der Waals surface area contributed by atoms with Gasteiger partial charge in [0.25, 0.3) is 5.69 Å². The second kappa shape index (κ2) is 27.5. The highest BCUT2D eigenvalue weighted by atomic mass is 16.7. The van der Waals surface area contributed by atoms with Crippen LogP contribution in [-0.4, -0.2) is 148 Å². The molecule has 6 unspecified atom stereocenters. The summed E-state index contributed by atoms with van der Waals surface area (Å²) in [5, 5.41) is 64.9. The smallest absolute Gasteiger partial charge is 0.407 e. The second-order valence-corrected chi connectivity index (χ2v) is 21.7. The number of nitrogens with one attached hydrogen (secondary N) is 4. The van der Waals surface area contributed by atoms with E-state index in [1.165, 1.54) is 12.1 Å². The molecule has 0 aromatic heterocycles. The van der Waals surface area contributed by atoms with Gasteiger partial charge in [0.15, 0.2) is 6.29 Å². The number of aliphatic hydroxyl groups excluding tert-OH is 4. The van der Waals surface area contributed by atoms with E-state index in [2.05, 4.69) is 34.4 Å². The molecule has 2 fully saturated rings. The Labute approximate surface area is 429 Å². The molecule has 22 nitrogen and oxygen atoms in total. The Kier molecular flexibility index (Phi) is 23.4. The Morgan fingerprint density at radius 1 is 0.863 bits per heavy atom. The Balaban J connectivity index is 0.00000694. The van der Waals surface area contributed by atoms with Crippen LogP contribution in [0.4, 0.5) is 15.3 Å². The van der Waals surface area contributed by atoms with Gasteiger partial charge < -0.3 is 80.6 Å². The monoisotopic (exact) mass is 1040 g/mol. The van der Waals surface area contributed by atoms with Crippen LogP contribution < -0.4 is 27.0 Å². The average Bonchev–Trinajstić information content (AvgIpc) is 3.27. The first-order valence-corrected chi connectivity index (χ1v) is 24.7. The summed E-state index contributed by atoms with van der Waals surface area (Å²) >= 11 is 0. The van der Waals surface area contributed by atoms with Gasteiger partial charge in [0, 0.05) is 43.3 Å². The van der Waals surface area contributed by atoms with Crippen molar-refractivity contribution < 1.29 is 72.9 Å². The number of benzene rings is 1. The molecule has 1 saturated heterocycles. The Morgan fingerprint density at radius 3 is 2.00 bits per heavy atom. The van der Waals surface area contributed by atoms with Gasteiger partial charge in [-0.25, -0.2) is 9.59 Å². The molecule has 2 aliphatic heterocycles. The highest BCUT2D eigenvalue weighted by Crippen LogP contribution is 2.39. The first-order valence-electron chi connectivity index (χ1n) is 24.7. The van der Waals surface area contributed by atoms with Crippen molar-refractivity contribution in [3.05, 3.63) is 76.4 Å². The molecule has 2 heterocycles. The summed E-state index contributed by atoms with van der Waals surface area (Å²) < 4.78 is 42.4. The number of nitrogens with zero attached hydrogens (tertiary/aromatic N) is 1. The van der Waals surface area contributed by atoms with Gasteiger partial charge in [0.05, 0.1) is 42.0 Å². The van der Waals surface area contributed by atoms with Gasteiger partial charge in [-0.2, -0.15) is 0 Å². The maximum absolute atomic E-state index is 13.8. The van der Waals surface area contributed by atoms with E-state index in [1.54, 1.807) is 59.8 Å². The molecule has 1 aromatic rings. The van der Waals surface area contributed by atoms with Crippen molar-refractivity contribution in [2.24, 2.45) is 23.5 Å². The summed E-state index contributed by atoms with van der Waals surface area (Å²) in [6, 6.07) is 3.25. The van der Waals surface area contributed by atoms with E-state index in [1.807, 2.05) is 34.6 Å². The van der Waals surface area contributed by atoms with Crippen LogP contribution >= 0.6 is 0 Å². The third-order valence-electron chi connectivity index (χ3n) is 12.0. The van der Waals surface area contributed by atoms with E-state index in [-0.39, 0.29) is 50.1 Å². The molecule has 73 heavy (non-hydrogen) atoms. The lowest BCUT2D eigenvalue weighted by Crippen LogP contribution is -2.68. The van der Waals surface area contributed by atoms with Crippen LogP contribution in [0.2, 0.25) is 0 Å². The summed E-state index contributed by atoms with van der Waals surface area (Å²) in [6.07, 6.45) is -8.75. The van der Waals surface area contributed by atoms with Crippen molar-refractivity contribution in [1.29, 1.82) is 0 Å². The number of nitrogens with two attached hydrogens (primary N) is 1. The van der Waals surface area contributed by atoms with Crippen molar-refractivity contribution in [2.75, 3.05) is 26.8 Å². The maximum atomic E-state index is 13.8. The van der Waals surface area contributed by atoms with Crippen molar-refractivity contribution in [2.45, 2.75) is 186 Å². The molecule has 1 aliphatic carbocycles. The number of carbonyl (C=O) groups is 3. The van der Waals surface area contributed by atoms with Crippen LogP contribution in [0.25, 0.3) is 0 Å². The van der Waals surface area contributed by atoms with Gasteiger partial charge >= 0.3 is 12.2 Å². The maximum Gasteiger partial charge on any atom is 0.407 e. The number of nitro benzene ring substituents is 1. The zero-order chi connectivity index (χ0) is 55.2. The number of rotatable bonds is 20. The van der Waals surface area contributed by atoms with Gasteiger partial charge in [-0.1, -0.05) is 39.1 Å². The highest BCUT2D eigenvalue weighted by Gasteiger charge is 2.52. The number of alkyl carbamates (subject to hydrolysis) is 2. The van der Waals surface area contributed by atoms with Gasteiger partial charge in [0.2, 0.25) is 12.2 Å². The summed E-state index contributed by atoms with van der Waals surface area (Å²) in [5.74, 6) is -1.03. The van der Waals surface area contributed by atoms with Crippen molar-refractivity contribution >= 4 is 23.8 Å². The van der Waals surface area contributed by atoms with E-state index in [4.69, 9.17) is 44.0 Å². The molecule has 0 spiro atoms. The summed E-state index contributed by atoms with van der Waals surface area (Å²) in [4.78, 5) is 50.1. The predicted molar refractivity (Wildman–Crippen MR) is 270 cm³/mol. The molecule has 10 N–H and O–H groups in total. The zero-order valence-corrected chi connectivity index (χ0v) is 44.7. The number of ether oxygens (including phenoxy) is 7. The predicted octanol–water partition coefficient (Wildman–Crippen LogP) is 4.32. The summed E-state index contributed by atoms with van der Waals surface area (Å²) in [7, 11) is 1.00. The number of hydrogen-bond acceptors (Lipinski definition) is 18. The van der Waals surface area contributed by atoms with E-state index in [0.29, 0.717) is 36.5 Å². The summed E-state index contributed by atoms with van der Waals surface area (Å²) in [6.45, 7) is 28.1.